The Kier molecular flexibility index (Phi) is 5.36. The Balaban J connectivity index is 1.55. The Labute approximate surface area is 145 Å². The lowest BCUT2D eigenvalue weighted by molar-refractivity contribution is -0.120. The van der Waals surface area contributed by atoms with Crippen LogP contribution in [0.3, 0.4) is 0 Å². The highest BCUT2D eigenvalue weighted by molar-refractivity contribution is 5.78. The van der Waals surface area contributed by atoms with Gasteiger partial charge in [-0.2, -0.15) is 0 Å². The molecule has 0 atom stereocenters. The van der Waals surface area contributed by atoms with E-state index in [1.165, 1.54) is 12.1 Å². The molecule has 0 unspecified atom stereocenters. The van der Waals surface area contributed by atoms with Crippen LogP contribution in [0.4, 0.5) is 4.39 Å². The number of rotatable bonds is 6. The van der Waals surface area contributed by atoms with Gasteiger partial charge in [0.2, 0.25) is 11.8 Å². The first-order valence-electron chi connectivity index (χ1n) is 7.88. The summed E-state index contributed by atoms with van der Waals surface area (Å²) >= 11 is 0. The highest BCUT2D eigenvalue weighted by Crippen LogP contribution is 2.19. The molecule has 0 aliphatic rings. The zero-order valence-corrected chi connectivity index (χ0v) is 13.5. The summed E-state index contributed by atoms with van der Waals surface area (Å²) < 4.78 is 18.5. The minimum Gasteiger partial charge on any atom is -0.439 e. The second-order valence-electron chi connectivity index (χ2n) is 5.50. The van der Waals surface area contributed by atoms with Gasteiger partial charge in [-0.25, -0.2) is 9.37 Å². The molecule has 0 aliphatic carbocycles. The third-order valence-corrected chi connectivity index (χ3v) is 3.53. The maximum atomic E-state index is 12.9. The van der Waals surface area contributed by atoms with E-state index in [9.17, 15) is 9.18 Å². The summed E-state index contributed by atoms with van der Waals surface area (Å²) in [5.74, 6) is 0.727. The molecule has 2 aromatic carbocycles. The van der Waals surface area contributed by atoms with Gasteiger partial charge in [0, 0.05) is 18.8 Å². The largest absolute Gasteiger partial charge is 0.439 e. The Bertz CT molecular complexity index is 836. The summed E-state index contributed by atoms with van der Waals surface area (Å²) in [6.07, 6.45) is 1.85. The highest BCUT2D eigenvalue weighted by Gasteiger charge is 2.05. The fourth-order valence-corrected chi connectivity index (χ4v) is 2.28. The molecular weight excluding hydrogens is 319 g/mol. The third kappa shape index (κ3) is 5.14. The fourth-order valence-electron chi connectivity index (χ4n) is 2.28. The van der Waals surface area contributed by atoms with Crippen LogP contribution in [-0.4, -0.2) is 10.9 Å². The van der Waals surface area contributed by atoms with Crippen molar-refractivity contribution < 1.29 is 13.9 Å². The molecule has 1 heterocycles. The first kappa shape index (κ1) is 16.6. The molecule has 5 heteroatoms. The molecule has 0 aliphatic heterocycles. The molecule has 1 amide bonds. The molecule has 0 fully saturated rings. The molecule has 3 aromatic rings. The van der Waals surface area contributed by atoms with Crippen molar-refractivity contribution in [2.45, 2.75) is 13.0 Å². The first-order chi connectivity index (χ1) is 12.2. The van der Waals surface area contributed by atoms with Crippen molar-refractivity contribution in [2.75, 3.05) is 0 Å². The molecule has 1 N–H and O–H groups in total. The minimum absolute atomic E-state index is 0.131. The summed E-state index contributed by atoms with van der Waals surface area (Å²) in [5.41, 5.74) is 1.65. The van der Waals surface area contributed by atoms with E-state index in [2.05, 4.69) is 10.3 Å². The molecule has 0 saturated carbocycles. The van der Waals surface area contributed by atoms with Crippen LogP contribution in [0.15, 0.2) is 72.9 Å². The van der Waals surface area contributed by atoms with E-state index >= 15 is 0 Å². The molecule has 0 spiro atoms. The van der Waals surface area contributed by atoms with Gasteiger partial charge in [-0.1, -0.05) is 30.3 Å². The Morgan fingerprint density at radius 2 is 1.76 bits per heavy atom. The summed E-state index contributed by atoms with van der Waals surface area (Å²) in [5, 5.41) is 2.84. The monoisotopic (exact) mass is 336 g/mol. The Morgan fingerprint density at radius 1 is 1.00 bits per heavy atom. The maximum Gasteiger partial charge on any atom is 0.224 e. The zero-order valence-electron chi connectivity index (χ0n) is 13.5. The van der Waals surface area contributed by atoms with Crippen LogP contribution >= 0.6 is 0 Å². The molecule has 25 heavy (non-hydrogen) atoms. The van der Waals surface area contributed by atoms with Crippen LogP contribution in [0.25, 0.3) is 0 Å². The quantitative estimate of drug-likeness (QED) is 0.743. The Morgan fingerprint density at radius 3 is 2.52 bits per heavy atom. The van der Waals surface area contributed by atoms with Gasteiger partial charge in [0.15, 0.2) is 0 Å². The van der Waals surface area contributed by atoms with E-state index in [0.717, 1.165) is 11.1 Å². The van der Waals surface area contributed by atoms with E-state index < -0.39 is 0 Å². The summed E-state index contributed by atoms with van der Waals surface area (Å²) in [6, 6.07) is 18.9. The molecule has 1 aromatic heterocycles. The van der Waals surface area contributed by atoms with Crippen molar-refractivity contribution in [3.05, 3.63) is 89.9 Å². The first-order valence-corrected chi connectivity index (χ1v) is 7.88. The van der Waals surface area contributed by atoms with E-state index in [1.807, 2.05) is 36.4 Å². The van der Waals surface area contributed by atoms with Crippen molar-refractivity contribution in [3.63, 3.8) is 0 Å². The number of hydrogen-bond acceptors (Lipinski definition) is 3. The number of ether oxygens (including phenoxy) is 1. The zero-order chi connectivity index (χ0) is 17.5. The van der Waals surface area contributed by atoms with Gasteiger partial charge in [-0.3, -0.25) is 4.79 Å². The number of amides is 1. The molecule has 126 valence electrons. The van der Waals surface area contributed by atoms with Crippen LogP contribution in [-0.2, 0) is 17.8 Å². The van der Waals surface area contributed by atoms with Crippen LogP contribution in [0.2, 0.25) is 0 Å². The summed E-state index contributed by atoms with van der Waals surface area (Å²) in [6.45, 7) is 0.369. The molecule has 3 rings (SSSR count). The summed E-state index contributed by atoms with van der Waals surface area (Å²) in [4.78, 5) is 16.2. The van der Waals surface area contributed by atoms with Crippen molar-refractivity contribution in [1.82, 2.24) is 10.3 Å². The Hall–Kier alpha value is -3.21. The molecule has 0 saturated heterocycles. The van der Waals surface area contributed by atoms with Gasteiger partial charge in [-0.15, -0.1) is 0 Å². The van der Waals surface area contributed by atoms with Crippen molar-refractivity contribution in [1.29, 1.82) is 0 Å². The van der Waals surface area contributed by atoms with Gasteiger partial charge >= 0.3 is 0 Å². The standard InChI is InChI=1S/C20H17FN2O2/c21-17-8-6-15(7-9-17)12-19(24)23-14-16-10-11-22-20(13-16)25-18-4-2-1-3-5-18/h1-11,13H,12,14H2,(H,23,24). The van der Waals surface area contributed by atoms with E-state index in [-0.39, 0.29) is 18.1 Å². The van der Waals surface area contributed by atoms with Crippen LogP contribution in [0.5, 0.6) is 11.6 Å². The number of carbonyl (C=O) groups is 1. The van der Waals surface area contributed by atoms with E-state index in [0.29, 0.717) is 18.2 Å². The lowest BCUT2D eigenvalue weighted by atomic mass is 10.1. The van der Waals surface area contributed by atoms with Crippen LogP contribution < -0.4 is 10.1 Å². The summed E-state index contributed by atoms with van der Waals surface area (Å²) in [7, 11) is 0. The number of para-hydroxylation sites is 1. The third-order valence-electron chi connectivity index (χ3n) is 3.53. The van der Waals surface area contributed by atoms with Gasteiger partial charge < -0.3 is 10.1 Å². The number of benzene rings is 2. The predicted molar refractivity (Wildman–Crippen MR) is 92.7 cm³/mol. The normalized spacial score (nSPS) is 10.3. The van der Waals surface area contributed by atoms with Gasteiger partial charge in [0.25, 0.3) is 0 Å². The number of halogens is 1. The van der Waals surface area contributed by atoms with Crippen molar-refractivity contribution in [3.8, 4) is 11.6 Å². The van der Waals surface area contributed by atoms with Crippen molar-refractivity contribution in [2.24, 2.45) is 0 Å². The molecule has 0 bridgehead atoms. The fraction of sp³-hybridized carbons (Fsp3) is 0.100. The second-order valence-corrected chi connectivity index (χ2v) is 5.50. The average molecular weight is 336 g/mol. The predicted octanol–water partition coefficient (Wildman–Crippen LogP) is 3.87. The van der Waals surface area contributed by atoms with Crippen LogP contribution in [0, 0.1) is 5.82 Å². The molecule has 0 radical (unpaired) electrons. The topological polar surface area (TPSA) is 51.2 Å². The lowest BCUT2D eigenvalue weighted by Gasteiger charge is -2.08. The minimum atomic E-state index is -0.313. The molecule has 4 nitrogen and oxygen atoms in total. The van der Waals surface area contributed by atoms with Crippen molar-refractivity contribution >= 4 is 5.91 Å². The SMILES string of the molecule is O=C(Cc1ccc(F)cc1)NCc1ccnc(Oc2ccccc2)c1. The average Bonchev–Trinajstić information content (AvgIpc) is 2.63. The van der Waals surface area contributed by atoms with Gasteiger partial charge in [0.1, 0.15) is 11.6 Å². The van der Waals surface area contributed by atoms with Crippen LogP contribution in [0.1, 0.15) is 11.1 Å². The number of pyridine rings is 1. The highest BCUT2D eigenvalue weighted by atomic mass is 19.1. The number of nitrogens with one attached hydrogen (secondary N) is 1. The maximum absolute atomic E-state index is 12.9. The second kappa shape index (κ2) is 8.06. The number of hydrogen-bond donors (Lipinski definition) is 1. The number of nitrogens with zero attached hydrogens (tertiary/aromatic N) is 1. The molecular formula is C20H17FN2O2. The lowest BCUT2D eigenvalue weighted by Crippen LogP contribution is -2.24. The smallest absolute Gasteiger partial charge is 0.224 e. The van der Waals surface area contributed by atoms with E-state index in [1.54, 1.807) is 24.4 Å². The van der Waals surface area contributed by atoms with Gasteiger partial charge in [-0.05, 0) is 41.5 Å². The number of carbonyl (C=O) groups excluding carboxylic acids is 1. The van der Waals surface area contributed by atoms with Gasteiger partial charge in [0.05, 0.1) is 6.42 Å². The van der Waals surface area contributed by atoms with E-state index in [4.69, 9.17) is 4.74 Å². The number of aromatic nitrogens is 1.